The summed E-state index contributed by atoms with van der Waals surface area (Å²) >= 11 is 0. The summed E-state index contributed by atoms with van der Waals surface area (Å²) in [5, 5.41) is 20.2. The average Bonchev–Trinajstić information content (AvgIpc) is 2.78. The molecule has 0 saturated carbocycles. The van der Waals surface area contributed by atoms with Crippen molar-refractivity contribution in [3.8, 4) is 0 Å². The van der Waals surface area contributed by atoms with Gasteiger partial charge < -0.3 is 19.6 Å². The molecular formula is C17H23N3O6. The fourth-order valence-corrected chi connectivity index (χ4v) is 2.74. The van der Waals surface area contributed by atoms with Gasteiger partial charge in [0.25, 0.3) is 5.69 Å². The Balaban J connectivity index is 2.14. The van der Waals surface area contributed by atoms with Crippen LogP contribution >= 0.6 is 0 Å². The molecule has 1 saturated heterocycles. The van der Waals surface area contributed by atoms with Gasteiger partial charge in [-0.05, 0) is 39.3 Å². The van der Waals surface area contributed by atoms with Crippen molar-refractivity contribution in [2.24, 2.45) is 0 Å². The van der Waals surface area contributed by atoms with Gasteiger partial charge in [0, 0.05) is 37.9 Å². The second-order valence-electron chi connectivity index (χ2n) is 7.07. The van der Waals surface area contributed by atoms with Crippen LogP contribution in [0.25, 0.3) is 0 Å². The first-order chi connectivity index (χ1) is 12.1. The normalized spacial score (nSPS) is 15.3. The molecule has 1 aliphatic rings. The quantitative estimate of drug-likeness (QED) is 0.647. The molecule has 0 aliphatic carbocycles. The molecule has 1 heterocycles. The van der Waals surface area contributed by atoms with Crippen LogP contribution in [0.5, 0.6) is 0 Å². The van der Waals surface area contributed by atoms with Crippen LogP contribution < -0.4 is 4.90 Å². The van der Waals surface area contributed by atoms with Crippen molar-refractivity contribution in [3.63, 3.8) is 0 Å². The van der Waals surface area contributed by atoms with Gasteiger partial charge in [-0.2, -0.15) is 0 Å². The minimum atomic E-state index is -1.34. The van der Waals surface area contributed by atoms with Crippen molar-refractivity contribution in [1.82, 2.24) is 4.90 Å². The molecule has 0 bridgehead atoms. The van der Waals surface area contributed by atoms with E-state index < -0.39 is 22.2 Å². The summed E-state index contributed by atoms with van der Waals surface area (Å²) in [6.07, 6.45) is 0.299. The SMILES string of the molecule is CC(C)(C)OC(=O)N1CCCN(c2ccc([N+](=O)[O-])c(C(=O)O)c2)CC1. The molecular weight excluding hydrogens is 342 g/mol. The van der Waals surface area contributed by atoms with Crippen molar-refractivity contribution in [2.75, 3.05) is 31.1 Å². The maximum absolute atomic E-state index is 12.2. The predicted octanol–water partition coefficient (Wildman–Crippen LogP) is 2.74. The van der Waals surface area contributed by atoms with Crippen LogP contribution in [0, 0.1) is 10.1 Å². The van der Waals surface area contributed by atoms with E-state index in [0.29, 0.717) is 38.3 Å². The summed E-state index contributed by atoms with van der Waals surface area (Å²) in [6, 6.07) is 4.05. The van der Waals surface area contributed by atoms with E-state index in [1.165, 1.54) is 18.2 Å². The zero-order chi connectivity index (χ0) is 19.5. The third kappa shape index (κ3) is 4.84. The van der Waals surface area contributed by atoms with E-state index in [0.717, 1.165) is 0 Å². The summed E-state index contributed by atoms with van der Waals surface area (Å²) < 4.78 is 5.38. The number of nitro benzene ring substituents is 1. The zero-order valence-corrected chi connectivity index (χ0v) is 15.1. The Morgan fingerprint density at radius 1 is 1.19 bits per heavy atom. The van der Waals surface area contributed by atoms with Gasteiger partial charge in [0.2, 0.25) is 0 Å². The zero-order valence-electron chi connectivity index (χ0n) is 15.1. The fraction of sp³-hybridized carbons (Fsp3) is 0.529. The van der Waals surface area contributed by atoms with Gasteiger partial charge in [-0.15, -0.1) is 0 Å². The molecule has 0 radical (unpaired) electrons. The first-order valence-electron chi connectivity index (χ1n) is 8.33. The predicted molar refractivity (Wildman–Crippen MR) is 94.7 cm³/mol. The molecule has 1 fully saturated rings. The number of carbonyl (C=O) groups is 2. The Morgan fingerprint density at radius 3 is 2.46 bits per heavy atom. The molecule has 1 N–H and O–H groups in total. The number of nitrogens with zero attached hydrogens (tertiary/aromatic N) is 3. The highest BCUT2D eigenvalue weighted by Crippen LogP contribution is 2.26. The van der Waals surface area contributed by atoms with E-state index in [9.17, 15) is 24.8 Å². The number of aromatic carboxylic acids is 1. The smallest absolute Gasteiger partial charge is 0.410 e. The number of carboxylic acid groups (broad SMARTS) is 1. The lowest BCUT2D eigenvalue weighted by Gasteiger charge is -2.27. The number of benzene rings is 1. The highest BCUT2D eigenvalue weighted by molar-refractivity contribution is 5.93. The van der Waals surface area contributed by atoms with Gasteiger partial charge >= 0.3 is 12.1 Å². The lowest BCUT2D eigenvalue weighted by molar-refractivity contribution is -0.385. The van der Waals surface area contributed by atoms with Gasteiger partial charge in [-0.3, -0.25) is 10.1 Å². The monoisotopic (exact) mass is 365 g/mol. The molecule has 2 rings (SSSR count). The van der Waals surface area contributed by atoms with Crippen LogP contribution in [0.15, 0.2) is 18.2 Å². The first-order valence-corrected chi connectivity index (χ1v) is 8.33. The molecule has 0 atom stereocenters. The Hall–Kier alpha value is -2.84. The molecule has 0 unspecified atom stereocenters. The second-order valence-corrected chi connectivity index (χ2v) is 7.07. The molecule has 1 aromatic rings. The number of hydrogen-bond acceptors (Lipinski definition) is 6. The molecule has 142 valence electrons. The van der Waals surface area contributed by atoms with E-state index in [4.69, 9.17) is 4.74 Å². The van der Waals surface area contributed by atoms with Gasteiger partial charge in [-0.1, -0.05) is 0 Å². The van der Waals surface area contributed by atoms with Gasteiger partial charge in [-0.25, -0.2) is 9.59 Å². The Bertz CT molecular complexity index is 713. The lowest BCUT2D eigenvalue weighted by atomic mass is 10.1. The van der Waals surface area contributed by atoms with Crippen molar-refractivity contribution >= 4 is 23.4 Å². The topological polar surface area (TPSA) is 113 Å². The third-order valence-corrected chi connectivity index (χ3v) is 3.92. The largest absolute Gasteiger partial charge is 0.477 e. The van der Waals surface area contributed by atoms with Crippen LogP contribution in [0.2, 0.25) is 0 Å². The molecule has 1 amide bonds. The summed E-state index contributed by atoms with van der Waals surface area (Å²) in [5.41, 5.74) is -0.774. The van der Waals surface area contributed by atoms with Crippen LogP contribution in [0.3, 0.4) is 0 Å². The van der Waals surface area contributed by atoms with Gasteiger partial charge in [0.05, 0.1) is 4.92 Å². The molecule has 1 aliphatic heterocycles. The maximum atomic E-state index is 12.2. The maximum Gasteiger partial charge on any atom is 0.410 e. The minimum absolute atomic E-state index is 0.347. The number of hydrogen-bond donors (Lipinski definition) is 1. The minimum Gasteiger partial charge on any atom is -0.477 e. The molecule has 1 aromatic carbocycles. The average molecular weight is 365 g/mol. The molecule has 0 spiro atoms. The number of nitro groups is 1. The highest BCUT2D eigenvalue weighted by atomic mass is 16.6. The number of anilines is 1. The molecule has 0 aromatic heterocycles. The molecule has 9 heteroatoms. The summed E-state index contributed by atoms with van der Waals surface area (Å²) in [6.45, 7) is 7.46. The van der Waals surface area contributed by atoms with Gasteiger partial charge in [0.15, 0.2) is 0 Å². The van der Waals surface area contributed by atoms with Crippen molar-refractivity contribution in [2.45, 2.75) is 32.8 Å². The van der Waals surface area contributed by atoms with E-state index >= 15 is 0 Å². The van der Waals surface area contributed by atoms with Gasteiger partial charge in [0.1, 0.15) is 11.2 Å². The number of rotatable bonds is 3. The van der Waals surface area contributed by atoms with E-state index in [1.54, 1.807) is 25.7 Å². The van der Waals surface area contributed by atoms with E-state index in [2.05, 4.69) is 0 Å². The van der Waals surface area contributed by atoms with Crippen LogP contribution in [0.1, 0.15) is 37.6 Å². The van der Waals surface area contributed by atoms with Crippen molar-refractivity contribution in [3.05, 3.63) is 33.9 Å². The number of ether oxygens (including phenoxy) is 1. The first kappa shape index (κ1) is 19.5. The summed E-state index contributed by atoms with van der Waals surface area (Å²) in [4.78, 5) is 37.3. The Morgan fingerprint density at radius 2 is 1.88 bits per heavy atom. The summed E-state index contributed by atoms with van der Waals surface area (Å²) in [7, 11) is 0. The molecule has 9 nitrogen and oxygen atoms in total. The van der Waals surface area contributed by atoms with Crippen molar-refractivity contribution < 1.29 is 24.4 Å². The molecule has 26 heavy (non-hydrogen) atoms. The van der Waals surface area contributed by atoms with Crippen LogP contribution in [-0.4, -0.2) is 58.8 Å². The standard InChI is InChI=1S/C17H23N3O6/c1-17(2,3)26-16(23)19-8-4-7-18(9-10-19)12-5-6-14(20(24)25)13(11-12)15(21)22/h5-6,11H,4,7-10H2,1-3H3,(H,21,22). The van der Waals surface area contributed by atoms with E-state index in [-0.39, 0.29) is 11.7 Å². The van der Waals surface area contributed by atoms with E-state index in [1.807, 2.05) is 4.90 Å². The highest BCUT2D eigenvalue weighted by Gasteiger charge is 2.26. The number of carboxylic acids is 1. The Labute approximate surface area is 151 Å². The van der Waals surface area contributed by atoms with Crippen molar-refractivity contribution in [1.29, 1.82) is 0 Å². The number of carbonyl (C=O) groups excluding carboxylic acids is 1. The lowest BCUT2D eigenvalue weighted by Crippen LogP contribution is -2.39. The van der Waals surface area contributed by atoms with Crippen LogP contribution in [0.4, 0.5) is 16.2 Å². The summed E-state index contributed by atoms with van der Waals surface area (Å²) in [5.74, 6) is -1.34. The Kier molecular flexibility index (Phi) is 5.69. The van der Waals surface area contributed by atoms with Crippen LogP contribution in [-0.2, 0) is 4.74 Å². The fourth-order valence-electron chi connectivity index (χ4n) is 2.74. The second kappa shape index (κ2) is 7.59. The third-order valence-electron chi connectivity index (χ3n) is 3.92. The number of amides is 1.